The SMILES string of the molecule is CC(C)(C)OC(=O)Nc1cccc(OBO)c1. The molecule has 1 rings (SSSR count). The highest BCUT2D eigenvalue weighted by Crippen LogP contribution is 2.18. The van der Waals surface area contributed by atoms with E-state index in [1.807, 2.05) is 0 Å². The van der Waals surface area contributed by atoms with Crippen molar-refractivity contribution in [1.82, 2.24) is 0 Å². The van der Waals surface area contributed by atoms with Crippen LogP contribution in [-0.2, 0) is 4.74 Å². The zero-order chi connectivity index (χ0) is 12.9. The van der Waals surface area contributed by atoms with Crippen LogP contribution in [0.4, 0.5) is 10.5 Å². The van der Waals surface area contributed by atoms with Crippen molar-refractivity contribution < 1.29 is 19.2 Å². The van der Waals surface area contributed by atoms with Crippen LogP contribution in [0.1, 0.15) is 20.8 Å². The summed E-state index contributed by atoms with van der Waals surface area (Å²) < 4.78 is 9.99. The molecule has 2 N–H and O–H groups in total. The molecule has 6 heteroatoms. The molecule has 0 aliphatic carbocycles. The van der Waals surface area contributed by atoms with Gasteiger partial charge in [-0.2, -0.15) is 0 Å². The summed E-state index contributed by atoms with van der Waals surface area (Å²) in [5.41, 5.74) is 0.00808. The van der Waals surface area contributed by atoms with E-state index in [1.54, 1.807) is 45.0 Å². The maximum Gasteiger partial charge on any atom is 0.504 e. The Hall–Kier alpha value is -1.69. The minimum Gasteiger partial charge on any atom is -0.539 e. The summed E-state index contributed by atoms with van der Waals surface area (Å²) in [6.45, 7) is 5.37. The number of ether oxygens (including phenoxy) is 1. The van der Waals surface area contributed by atoms with Crippen LogP contribution in [0.15, 0.2) is 24.3 Å². The Morgan fingerprint density at radius 1 is 1.41 bits per heavy atom. The van der Waals surface area contributed by atoms with Crippen LogP contribution in [0.5, 0.6) is 5.75 Å². The van der Waals surface area contributed by atoms with Crippen molar-refractivity contribution in [1.29, 1.82) is 0 Å². The molecule has 0 radical (unpaired) electrons. The lowest BCUT2D eigenvalue weighted by molar-refractivity contribution is 0.0636. The highest BCUT2D eigenvalue weighted by Gasteiger charge is 2.16. The van der Waals surface area contributed by atoms with Crippen LogP contribution in [0, 0.1) is 0 Å². The third-order valence-corrected chi connectivity index (χ3v) is 1.71. The maximum absolute atomic E-state index is 11.5. The summed E-state index contributed by atoms with van der Waals surface area (Å²) >= 11 is 0. The summed E-state index contributed by atoms with van der Waals surface area (Å²) in [5, 5.41) is 11.2. The molecule has 0 saturated heterocycles. The Labute approximate surface area is 101 Å². The Morgan fingerprint density at radius 3 is 2.71 bits per heavy atom. The Balaban J connectivity index is 2.62. The Kier molecular flexibility index (Phi) is 4.40. The van der Waals surface area contributed by atoms with E-state index < -0.39 is 19.4 Å². The lowest BCUT2D eigenvalue weighted by Crippen LogP contribution is -2.27. The fourth-order valence-corrected chi connectivity index (χ4v) is 1.16. The number of rotatable bonds is 3. The van der Waals surface area contributed by atoms with Crippen LogP contribution in [0.3, 0.4) is 0 Å². The van der Waals surface area contributed by atoms with Gasteiger partial charge in [-0.05, 0) is 32.9 Å². The van der Waals surface area contributed by atoms with Crippen molar-refractivity contribution in [2.24, 2.45) is 0 Å². The fraction of sp³-hybridized carbons (Fsp3) is 0.364. The topological polar surface area (TPSA) is 67.8 Å². The predicted molar refractivity (Wildman–Crippen MR) is 66.3 cm³/mol. The van der Waals surface area contributed by atoms with Gasteiger partial charge in [0.15, 0.2) is 0 Å². The van der Waals surface area contributed by atoms with E-state index in [1.165, 1.54) is 0 Å². The van der Waals surface area contributed by atoms with Gasteiger partial charge in [-0.3, -0.25) is 5.32 Å². The molecule has 0 fully saturated rings. The summed E-state index contributed by atoms with van der Waals surface area (Å²) in [4.78, 5) is 11.5. The second-order valence-corrected chi connectivity index (χ2v) is 4.43. The van der Waals surface area contributed by atoms with Gasteiger partial charge in [0.05, 0.1) is 0 Å². The molecular formula is C11H16BNO4. The van der Waals surface area contributed by atoms with Crippen molar-refractivity contribution in [3.63, 3.8) is 0 Å². The quantitative estimate of drug-likeness (QED) is 0.784. The molecule has 0 unspecified atom stereocenters. The highest BCUT2D eigenvalue weighted by atomic mass is 16.6. The number of carbonyl (C=O) groups excluding carboxylic acids is 1. The van der Waals surface area contributed by atoms with Gasteiger partial charge in [0, 0.05) is 11.8 Å². The molecule has 1 amide bonds. The number of hydrogen-bond acceptors (Lipinski definition) is 4. The number of nitrogens with one attached hydrogen (secondary N) is 1. The van der Waals surface area contributed by atoms with Crippen LogP contribution >= 0.6 is 0 Å². The molecule has 17 heavy (non-hydrogen) atoms. The molecule has 0 atom stereocenters. The average Bonchev–Trinajstić information content (AvgIpc) is 2.15. The van der Waals surface area contributed by atoms with E-state index in [2.05, 4.69) is 5.32 Å². The summed E-state index contributed by atoms with van der Waals surface area (Å²) in [6.07, 6.45) is -0.529. The van der Waals surface area contributed by atoms with E-state index in [4.69, 9.17) is 14.4 Å². The monoisotopic (exact) mass is 237 g/mol. The van der Waals surface area contributed by atoms with Gasteiger partial charge in [0.25, 0.3) is 0 Å². The molecule has 0 bridgehead atoms. The van der Waals surface area contributed by atoms with Gasteiger partial charge in [-0.1, -0.05) is 6.07 Å². The van der Waals surface area contributed by atoms with Gasteiger partial charge in [-0.15, -0.1) is 0 Å². The van der Waals surface area contributed by atoms with Crippen molar-refractivity contribution in [2.75, 3.05) is 5.32 Å². The highest BCUT2D eigenvalue weighted by molar-refractivity contribution is 6.17. The van der Waals surface area contributed by atoms with Crippen molar-refractivity contribution in [3.8, 4) is 5.75 Å². The smallest absolute Gasteiger partial charge is 0.504 e. The molecule has 92 valence electrons. The lowest BCUT2D eigenvalue weighted by atomic mass is 10.2. The summed E-state index contributed by atoms with van der Waals surface area (Å²) in [7, 11) is -0.407. The van der Waals surface area contributed by atoms with Crippen LogP contribution in [0.25, 0.3) is 0 Å². The molecule has 0 aromatic heterocycles. The largest absolute Gasteiger partial charge is 0.539 e. The number of amides is 1. The first-order chi connectivity index (χ1) is 7.90. The van der Waals surface area contributed by atoms with Crippen LogP contribution in [-0.4, -0.2) is 24.4 Å². The number of carbonyl (C=O) groups is 1. The molecule has 0 saturated carbocycles. The third-order valence-electron chi connectivity index (χ3n) is 1.71. The molecule has 0 aliphatic heterocycles. The van der Waals surface area contributed by atoms with Gasteiger partial charge < -0.3 is 14.4 Å². The average molecular weight is 237 g/mol. The van der Waals surface area contributed by atoms with E-state index in [0.29, 0.717) is 11.4 Å². The predicted octanol–water partition coefficient (Wildman–Crippen LogP) is 1.67. The number of hydrogen-bond donors (Lipinski definition) is 2. The third kappa shape index (κ3) is 5.26. The molecule has 0 heterocycles. The second kappa shape index (κ2) is 5.59. The van der Waals surface area contributed by atoms with E-state index >= 15 is 0 Å². The fourth-order valence-electron chi connectivity index (χ4n) is 1.16. The Morgan fingerprint density at radius 2 is 2.12 bits per heavy atom. The van der Waals surface area contributed by atoms with Gasteiger partial charge >= 0.3 is 13.8 Å². The standard InChI is InChI=1S/C11H16BNO4/c1-11(2,3)16-10(14)13-8-5-4-6-9(7-8)17-12-15/h4-7,12,15H,1-3H3,(H,13,14). The maximum atomic E-state index is 11.5. The van der Waals surface area contributed by atoms with Crippen molar-refractivity contribution in [3.05, 3.63) is 24.3 Å². The zero-order valence-corrected chi connectivity index (χ0v) is 10.2. The van der Waals surface area contributed by atoms with Gasteiger partial charge in [0.2, 0.25) is 0 Å². The Bertz CT molecular complexity index is 389. The molecule has 5 nitrogen and oxygen atoms in total. The summed E-state index contributed by atoms with van der Waals surface area (Å²) in [6, 6.07) is 6.68. The van der Waals surface area contributed by atoms with Crippen LogP contribution in [0.2, 0.25) is 0 Å². The number of anilines is 1. The number of benzene rings is 1. The molecule has 1 aromatic carbocycles. The minimum atomic E-state index is -0.538. The van der Waals surface area contributed by atoms with E-state index in [9.17, 15) is 4.79 Å². The van der Waals surface area contributed by atoms with E-state index in [-0.39, 0.29) is 0 Å². The van der Waals surface area contributed by atoms with Gasteiger partial charge in [-0.25, -0.2) is 4.79 Å². The minimum absolute atomic E-state index is 0.407. The lowest BCUT2D eigenvalue weighted by Gasteiger charge is -2.19. The van der Waals surface area contributed by atoms with Crippen molar-refractivity contribution in [2.45, 2.75) is 26.4 Å². The van der Waals surface area contributed by atoms with Gasteiger partial charge in [0.1, 0.15) is 11.4 Å². The zero-order valence-electron chi connectivity index (χ0n) is 10.2. The molecular weight excluding hydrogens is 221 g/mol. The second-order valence-electron chi connectivity index (χ2n) is 4.43. The van der Waals surface area contributed by atoms with Crippen molar-refractivity contribution >= 4 is 19.5 Å². The first kappa shape index (κ1) is 13.4. The normalized spacial score (nSPS) is 10.6. The first-order valence-electron chi connectivity index (χ1n) is 5.24. The summed E-state index contributed by atoms with van der Waals surface area (Å²) in [5.74, 6) is 0.473. The molecule has 1 aromatic rings. The molecule has 0 aliphatic rings. The van der Waals surface area contributed by atoms with E-state index in [0.717, 1.165) is 0 Å². The molecule has 0 spiro atoms. The van der Waals surface area contributed by atoms with Crippen LogP contribution < -0.4 is 9.97 Å². The first-order valence-corrected chi connectivity index (χ1v) is 5.24.